The van der Waals surface area contributed by atoms with Crippen LogP contribution in [0, 0.1) is 0 Å². The van der Waals surface area contributed by atoms with Crippen LogP contribution in [0.1, 0.15) is 10.5 Å². The molecule has 6 heteroatoms. The molecule has 1 rings (SSSR count). The number of hydrazine groups is 1. The average Bonchev–Trinajstić information content (AvgIpc) is 2.04. The Balaban J connectivity index is 2.90. The molecule has 1 aromatic heterocycles. The van der Waals surface area contributed by atoms with Gasteiger partial charge in [0.25, 0.3) is 5.91 Å². The van der Waals surface area contributed by atoms with Gasteiger partial charge in [0.1, 0.15) is 10.8 Å². The standard InChI is InChI=1S/C6H7ClN4O/c1-11(8)6(12)4-2-10-5(7)3-9-4/h2-3H,8H2,1H3. The molecule has 0 aliphatic rings. The monoisotopic (exact) mass is 186 g/mol. The number of rotatable bonds is 1. The second-order valence-corrected chi connectivity index (χ2v) is 2.53. The summed E-state index contributed by atoms with van der Waals surface area (Å²) in [5, 5.41) is 1.17. The van der Waals surface area contributed by atoms with Crippen LogP contribution in [-0.4, -0.2) is 27.9 Å². The topological polar surface area (TPSA) is 72.1 Å². The fraction of sp³-hybridized carbons (Fsp3) is 0.167. The van der Waals surface area contributed by atoms with Crippen LogP contribution in [0.5, 0.6) is 0 Å². The zero-order chi connectivity index (χ0) is 9.14. The molecule has 0 spiro atoms. The van der Waals surface area contributed by atoms with Crippen LogP contribution in [0.4, 0.5) is 0 Å². The van der Waals surface area contributed by atoms with Crippen molar-refractivity contribution < 1.29 is 4.79 Å². The number of halogens is 1. The van der Waals surface area contributed by atoms with Crippen molar-refractivity contribution in [1.82, 2.24) is 15.0 Å². The molecule has 1 heterocycles. The Hall–Kier alpha value is -1.20. The zero-order valence-electron chi connectivity index (χ0n) is 6.36. The first-order valence-electron chi connectivity index (χ1n) is 3.11. The lowest BCUT2D eigenvalue weighted by molar-refractivity contribution is 0.0789. The molecule has 12 heavy (non-hydrogen) atoms. The number of hydrogen-bond donors (Lipinski definition) is 1. The first-order valence-corrected chi connectivity index (χ1v) is 3.49. The largest absolute Gasteiger partial charge is 0.287 e. The van der Waals surface area contributed by atoms with Crippen molar-refractivity contribution in [1.29, 1.82) is 0 Å². The maximum absolute atomic E-state index is 11.1. The van der Waals surface area contributed by atoms with Gasteiger partial charge in [0.15, 0.2) is 0 Å². The van der Waals surface area contributed by atoms with E-state index in [1.165, 1.54) is 19.4 Å². The van der Waals surface area contributed by atoms with E-state index in [0.29, 0.717) is 0 Å². The molecular formula is C6H7ClN4O. The van der Waals surface area contributed by atoms with Crippen molar-refractivity contribution in [2.75, 3.05) is 7.05 Å². The highest BCUT2D eigenvalue weighted by Crippen LogP contribution is 2.01. The van der Waals surface area contributed by atoms with Gasteiger partial charge in [-0.1, -0.05) is 11.6 Å². The fourth-order valence-corrected chi connectivity index (χ4v) is 0.701. The van der Waals surface area contributed by atoms with Crippen LogP contribution in [0.15, 0.2) is 12.4 Å². The number of hydrogen-bond acceptors (Lipinski definition) is 4. The van der Waals surface area contributed by atoms with Gasteiger partial charge in [-0.3, -0.25) is 9.80 Å². The molecular weight excluding hydrogens is 180 g/mol. The average molecular weight is 187 g/mol. The van der Waals surface area contributed by atoms with Gasteiger partial charge in [-0.05, 0) is 0 Å². The maximum Gasteiger partial charge on any atom is 0.287 e. The van der Waals surface area contributed by atoms with Crippen LogP contribution in [0.3, 0.4) is 0 Å². The van der Waals surface area contributed by atoms with Crippen molar-refractivity contribution >= 4 is 17.5 Å². The van der Waals surface area contributed by atoms with Crippen molar-refractivity contribution in [2.24, 2.45) is 5.84 Å². The Bertz CT molecular complexity index is 284. The smallest absolute Gasteiger partial charge is 0.278 e. The molecule has 0 atom stereocenters. The van der Waals surface area contributed by atoms with Gasteiger partial charge in [0.2, 0.25) is 0 Å². The Kier molecular flexibility index (Phi) is 2.57. The second-order valence-electron chi connectivity index (χ2n) is 2.14. The van der Waals surface area contributed by atoms with Crippen molar-refractivity contribution in [3.05, 3.63) is 23.2 Å². The minimum atomic E-state index is -0.404. The van der Waals surface area contributed by atoms with E-state index in [-0.39, 0.29) is 10.8 Å². The van der Waals surface area contributed by atoms with E-state index in [0.717, 1.165) is 5.01 Å². The molecule has 0 aromatic carbocycles. The Morgan fingerprint density at radius 2 is 2.25 bits per heavy atom. The summed E-state index contributed by atoms with van der Waals surface area (Å²) < 4.78 is 0. The van der Waals surface area contributed by atoms with Gasteiger partial charge in [0.05, 0.1) is 12.4 Å². The van der Waals surface area contributed by atoms with Crippen LogP contribution in [0.25, 0.3) is 0 Å². The lowest BCUT2D eigenvalue weighted by atomic mass is 10.4. The Labute approximate surface area is 74.1 Å². The number of carbonyl (C=O) groups is 1. The second kappa shape index (κ2) is 3.46. The lowest BCUT2D eigenvalue weighted by Crippen LogP contribution is -2.33. The normalized spacial score (nSPS) is 9.58. The van der Waals surface area contributed by atoms with E-state index < -0.39 is 5.91 Å². The van der Waals surface area contributed by atoms with Crippen LogP contribution in [0.2, 0.25) is 5.15 Å². The Morgan fingerprint density at radius 3 is 2.67 bits per heavy atom. The van der Waals surface area contributed by atoms with Crippen molar-refractivity contribution in [3.8, 4) is 0 Å². The van der Waals surface area contributed by atoms with E-state index in [4.69, 9.17) is 17.4 Å². The molecule has 0 saturated heterocycles. The number of nitrogens with zero attached hydrogens (tertiary/aromatic N) is 3. The molecule has 0 aliphatic carbocycles. The SMILES string of the molecule is CN(N)C(=O)c1cnc(Cl)cn1. The summed E-state index contributed by atoms with van der Waals surface area (Å²) >= 11 is 5.47. The summed E-state index contributed by atoms with van der Waals surface area (Å²) in [6.45, 7) is 0. The number of aromatic nitrogens is 2. The van der Waals surface area contributed by atoms with Gasteiger partial charge in [0, 0.05) is 7.05 Å². The highest BCUT2D eigenvalue weighted by atomic mass is 35.5. The minimum Gasteiger partial charge on any atom is -0.278 e. The summed E-state index contributed by atoms with van der Waals surface area (Å²) in [6, 6.07) is 0. The summed E-state index contributed by atoms with van der Waals surface area (Å²) in [6.07, 6.45) is 2.56. The molecule has 1 amide bonds. The van der Waals surface area contributed by atoms with Gasteiger partial charge in [-0.2, -0.15) is 0 Å². The van der Waals surface area contributed by atoms with Crippen LogP contribution in [-0.2, 0) is 0 Å². The predicted octanol–water partition coefficient (Wildman–Crippen LogP) is 0.0757. The third-order valence-corrected chi connectivity index (χ3v) is 1.35. The lowest BCUT2D eigenvalue weighted by Gasteiger charge is -2.07. The zero-order valence-corrected chi connectivity index (χ0v) is 7.12. The van der Waals surface area contributed by atoms with Gasteiger partial charge in [-0.25, -0.2) is 15.8 Å². The van der Waals surface area contributed by atoms with Gasteiger partial charge >= 0.3 is 0 Å². The first kappa shape index (κ1) is 8.89. The number of carbonyl (C=O) groups excluding carboxylic acids is 1. The molecule has 0 unspecified atom stereocenters. The van der Waals surface area contributed by atoms with Crippen molar-refractivity contribution in [2.45, 2.75) is 0 Å². The van der Waals surface area contributed by atoms with E-state index in [9.17, 15) is 4.79 Å². The van der Waals surface area contributed by atoms with E-state index in [2.05, 4.69) is 9.97 Å². The quantitative estimate of drug-likeness (QED) is 0.383. The number of amides is 1. The van der Waals surface area contributed by atoms with Crippen LogP contribution >= 0.6 is 11.6 Å². The first-order chi connectivity index (χ1) is 5.61. The molecule has 0 radical (unpaired) electrons. The molecule has 1 aromatic rings. The molecule has 5 nitrogen and oxygen atoms in total. The Morgan fingerprint density at radius 1 is 1.58 bits per heavy atom. The predicted molar refractivity (Wildman–Crippen MR) is 43.3 cm³/mol. The summed E-state index contributed by atoms with van der Waals surface area (Å²) in [5.41, 5.74) is 0.171. The fourth-order valence-electron chi connectivity index (χ4n) is 0.603. The highest BCUT2D eigenvalue weighted by Gasteiger charge is 2.09. The molecule has 0 aliphatic heterocycles. The summed E-state index contributed by atoms with van der Waals surface area (Å²) in [4.78, 5) is 18.5. The molecule has 0 bridgehead atoms. The van der Waals surface area contributed by atoms with Crippen LogP contribution < -0.4 is 5.84 Å². The molecule has 0 fully saturated rings. The third kappa shape index (κ3) is 1.90. The minimum absolute atomic E-state index is 0.171. The summed E-state index contributed by atoms with van der Waals surface area (Å²) in [7, 11) is 1.43. The van der Waals surface area contributed by atoms with E-state index >= 15 is 0 Å². The van der Waals surface area contributed by atoms with Gasteiger partial charge < -0.3 is 0 Å². The number of nitrogens with two attached hydrogens (primary N) is 1. The summed E-state index contributed by atoms with van der Waals surface area (Å²) in [5.74, 6) is 4.79. The van der Waals surface area contributed by atoms with Crippen molar-refractivity contribution in [3.63, 3.8) is 0 Å². The van der Waals surface area contributed by atoms with E-state index in [1.54, 1.807) is 0 Å². The highest BCUT2D eigenvalue weighted by molar-refractivity contribution is 6.29. The molecule has 0 saturated carbocycles. The van der Waals surface area contributed by atoms with Gasteiger partial charge in [-0.15, -0.1) is 0 Å². The maximum atomic E-state index is 11.1. The third-order valence-electron chi connectivity index (χ3n) is 1.16. The molecule has 64 valence electrons. The van der Waals surface area contributed by atoms with E-state index in [1.807, 2.05) is 0 Å². The molecule has 2 N–H and O–H groups in total.